The van der Waals surface area contributed by atoms with Crippen molar-refractivity contribution in [3.05, 3.63) is 89.6 Å². The van der Waals surface area contributed by atoms with Gasteiger partial charge in [0.05, 0.1) is 24.5 Å². The lowest BCUT2D eigenvalue weighted by Crippen LogP contribution is -2.41. The SMILES string of the molecule is CCOC(=O)Cc1cnc(-[n+]2c(C(=O)OCC)cc(-c3ccccc3)cc2-c2ccccc2)s1.F[B-](F)(F)F. The molecule has 4 aromatic rings. The second-order valence-electron chi connectivity index (χ2n) is 7.89. The van der Waals surface area contributed by atoms with Crippen LogP contribution in [-0.4, -0.2) is 37.4 Å². The van der Waals surface area contributed by atoms with Crippen LogP contribution in [0.4, 0.5) is 17.3 Å². The summed E-state index contributed by atoms with van der Waals surface area (Å²) in [6.45, 7) is 4.13. The van der Waals surface area contributed by atoms with E-state index in [0.717, 1.165) is 27.3 Å². The maximum absolute atomic E-state index is 13.1. The van der Waals surface area contributed by atoms with E-state index in [-0.39, 0.29) is 19.0 Å². The number of esters is 2. The van der Waals surface area contributed by atoms with Gasteiger partial charge in [-0.05, 0) is 47.4 Å². The molecular formula is C27H25BF4N2O4S. The van der Waals surface area contributed by atoms with Crippen molar-refractivity contribution in [2.75, 3.05) is 13.2 Å². The lowest BCUT2D eigenvalue weighted by molar-refractivity contribution is -0.586. The second-order valence-corrected chi connectivity index (χ2v) is 8.98. The molecule has 0 bridgehead atoms. The Labute approximate surface area is 227 Å². The first-order chi connectivity index (χ1) is 18.6. The summed E-state index contributed by atoms with van der Waals surface area (Å²) < 4.78 is 51.3. The lowest BCUT2D eigenvalue weighted by atomic mass is 10.0. The third kappa shape index (κ3) is 8.74. The van der Waals surface area contributed by atoms with Crippen LogP contribution in [0.5, 0.6) is 0 Å². The average molecular weight is 560 g/mol. The Hall–Kier alpha value is -4.06. The van der Waals surface area contributed by atoms with Crippen molar-refractivity contribution in [3.63, 3.8) is 0 Å². The highest BCUT2D eigenvalue weighted by atomic mass is 32.1. The number of aromatic nitrogens is 2. The van der Waals surface area contributed by atoms with E-state index in [0.29, 0.717) is 17.4 Å². The molecule has 0 spiro atoms. The van der Waals surface area contributed by atoms with Crippen LogP contribution in [0.1, 0.15) is 29.2 Å². The van der Waals surface area contributed by atoms with Gasteiger partial charge >= 0.3 is 24.3 Å². The number of carbonyl (C=O) groups is 2. The number of hydrogen-bond donors (Lipinski definition) is 0. The molecule has 39 heavy (non-hydrogen) atoms. The molecule has 0 aliphatic rings. The number of ether oxygens (including phenoxy) is 2. The van der Waals surface area contributed by atoms with Crippen molar-refractivity contribution < 1.29 is 40.9 Å². The molecule has 0 saturated carbocycles. The van der Waals surface area contributed by atoms with Crippen LogP contribution >= 0.6 is 11.3 Å². The van der Waals surface area contributed by atoms with Gasteiger partial charge in [0.1, 0.15) is 5.69 Å². The van der Waals surface area contributed by atoms with Gasteiger partial charge in [-0.3, -0.25) is 4.79 Å². The first-order valence-corrected chi connectivity index (χ1v) is 12.8. The van der Waals surface area contributed by atoms with E-state index in [9.17, 15) is 26.9 Å². The monoisotopic (exact) mass is 560 g/mol. The fourth-order valence-corrected chi connectivity index (χ4v) is 4.53. The van der Waals surface area contributed by atoms with Crippen molar-refractivity contribution in [1.29, 1.82) is 0 Å². The van der Waals surface area contributed by atoms with Crippen molar-refractivity contribution in [2.45, 2.75) is 20.3 Å². The van der Waals surface area contributed by atoms with Gasteiger partial charge in [0.25, 0.3) is 0 Å². The number of nitrogens with zero attached hydrogens (tertiary/aromatic N) is 2. The number of pyridine rings is 1. The van der Waals surface area contributed by atoms with Crippen molar-refractivity contribution in [3.8, 4) is 27.5 Å². The van der Waals surface area contributed by atoms with Gasteiger partial charge < -0.3 is 26.7 Å². The molecule has 0 unspecified atom stereocenters. The van der Waals surface area contributed by atoms with E-state index in [1.807, 2.05) is 72.8 Å². The topological polar surface area (TPSA) is 69.4 Å². The predicted octanol–water partition coefficient (Wildman–Crippen LogP) is 6.34. The van der Waals surface area contributed by atoms with Crippen molar-refractivity contribution in [2.24, 2.45) is 0 Å². The zero-order valence-electron chi connectivity index (χ0n) is 21.2. The molecule has 204 valence electrons. The fourth-order valence-electron chi connectivity index (χ4n) is 3.61. The summed E-state index contributed by atoms with van der Waals surface area (Å²) in [7, 11) is -6.00. The van der Waals surface area contributed by atoms with E-state index >= 15 is 0 Å². The van der Waals surface area contributed by atoms with Gasteiger partial charge in [0, 0.05) is 11.6 Å². The Morgan fingerprint density at radius 2 is 1.41 bits per heavy atom. The first kappa shape index (κ1) is 29.5. The fraction of sp³-hybridized carbons (Fsp3) is 0.185. The Morgan fingerprint density at radius 1 is 0.846 bits per heavy atom. The summed E-state index contributed by atoms with van der Waals surface area (Å²) in [6.07, 6.45) is 1.78. The van der Waals surface area contributed by atoms with Crippen LogP contribution < -0.4 is 4.57 Å². The first-order valence-electron chi connectivity index (χ1n) is 12.0. The van der Waals surface area contributed by atoms with Crippen LogP contribution in [0, 0.1) is 0 Å². The van der Waals surface area contributed by atoms with Gasteiger partial charge in [-0.2, -0.15) is 4.57 Å². The van der Waals surface area contributed by atoms with Crippen LogP contribution in [0.3, 0.4) is 0 Å². The molecule has 0 atom stereocenters. The number of thiazole rings is 1. The largest absolute Gasteiger partial charge is 0.673 e. The summed E-state index contributed by atoms with van der Waals surface area (Å²) >= 11 is 1.34. The molecule has 12 heteroatoms. The molecule has 0 aliphatic carbocycles. The molecule has 0 aliphatic heterocycles. The minimum Gasteiger partial charge on any atom is -0.466 e. The maximum atomic E-state index is 13.1. The number of hydrogen-bond acceptors (Lipinski definition) is 6. The van der Waals surface area contributed by atoms with Gasteiger partial charge in [0.2, 0.25) is 5.69 Å². The third-order valence-electron chi connectivity index (χ3n) is 5.08. The summed E-state index contributed by atoms with van der Waals surface area (Å²) in [5.41, 5.74) is 3.95. The maximum Gasteiger partial charge on any atom is 0.673 e. The van der Waals surface area contributed by atoms with Crippen molar-refractivity contribution >= 4 is 30.5 Å². The molecule has 0 radical (unpaired) electrons. The lowest BCUT2D eigenvalue weighted by Gasteiger charge is -2.13. The van der Waals surface area contributed by atoms with Gasteiger partial charge in [-0.25, -0.2) is 4.79 Å². The van der Waals surface area contributed by atoms with Crippen LogP contribution in [0.15, 0.2) is 79.0 Å². The molecule has 6 nitrogen and oxygen atoms in total. The minimum atomic E-state index is -6.00. The zero-order valence-corrected chi connectivity index (χ0v) is 22.0. The van der Waals surface area contributed by atoms with E-state index in [1.165, 1.54) is 11.3 Å². The number of benzene rings is 2. The summed E-state index contributed by atoms with van der Waals surface area (Å²) in [6, 6.07) is 23.6. The minimum absolute atomic E-state index is 0.129. The molecule has 2 aromatic heterocycles. The van der Waals surface area contributed by atoms with Gasteiger partial charge in [-0.15, -0.1) is 0 Å². The van der Waals surface area contributed by atoms with Crippen LogP contribution in [0.2, 0.25) is 0 Å². The standard InChI is InChI=1S/C27H25N2O4S.BF4/c1-3-32-25(30)17-22-18-28-27(34-22)29-23(20-13-9-6-10-14-20)15-21(19-11-7-5-8-12-19)16-24(29)26(31)33-4-2;2-1(3,4)5/h5-16,18H,3-4,17H2,1-2H3;/q+1;-1. The highest BCUT2D eigenvalue weighted by molar-refractivity contribution is 7.13. The summed E-state index contributed by atoms with van der Waals surface area (Å²) in [4.78, 5) is 30.4. The quantitative estimate of drug-likeness (QED) is 0.109. The average Bonchev–Trinajstić information content (AvgIpc) is 3.36. The molecule has 0 saturated heterocycles. The number of carbonyl (C=O) groups excluding carboxylic acids is 2. The van der Waals surface area contributed by atoms with E-state index in [4.69, 9.17) is 9.47 Å². The van der Waals surface area contributed by atoms with Crippen molar-refractivity contribution in [1.82, 2.24) is 4.98 Å². The Balaban J connectivity index is 0.000000771. The van der Waals surface area contributed by atoms with Crippen LogP contribution in [0.25, 0.3) is 27.5 Å². The molecule has 2 heterocycles. The summed E-state index contributed by atoms with van der Waals surface area (Å²) in [5, 5.41) is 0.570. The number of halogens is 4. The second kappa shape index (κ2) is 13.7. The van der Waals surface area contributed by atoms with E-state index in [2.05, 4.69) is 4.98 Å². The predicted molar refractivity (Wildman–Crippen MR) is 141 cm³/mol. The van der Waals surface area contributed by atoms with Gasteiger partial charge in [-0.1, -0.05) is 60.7 Å². The molecular weight excluding hydrogens is 535 g/mol. The normalized spacial score (nSPS) is 10.8. The Bertz CT molecular complexity index is 1390. The third-order valence-corrected chi connectivity index (χ3v) is 6.07. The molecule has 4 rings (SSSR count). The Kier molecular flexibility index (Phi) is 10.3. The van der Waals surface area contributed by atoms with Gasteiger partial charge in [0.15, 0.2) is 6.20 Å². The van der Waals surface area contributed by atoms with Crippen LogP contribution in [-0.2, 0) is 20.7 Å². The molecule has 0 amide bonds. The molecule has 2 aromatic carbocycles. The smallest absolute Gasteiger partial charge is 0.466 e. The van der Waals surface area contributed by atoms with E-state index < -0.39 is 13.2 Å². The van der Waals surface area contributed by atoms with E-state index in [1.54, 1.807) is 24.6 Å². The Morgan fingerprint density at radius 3 is 1.97 bits per heavy atom. The molecule has 0 fully saturated rings. The highest BCUT2D eigenvalue weighted by Gasteiger charge is 2.29. The molecule has 0 N–H and O–H groups in total. The summed E-state index contributed by atoms with van der Waals surface area (Å²) in [5.74, 6) is -0.754. The number of rotatable bonds is 8. The highest BCUT2D eigenvalue weighted by Crippen LogP contribution is 2.28. The zero-order chi connectivity index (χ0) is 28.4.